The van der Waals surface area contributed by atoms with Crippen LogP contribution in [-0.2, 0) is 16.1 Å². The molecule has 0 saturated carbocycles. The van der Waals surface area contributed by atoms with Gasteiger partial charge in [0.25, 0.3) is 0 Å². The molecule has 1 saturated heterocycles. The second kappa shape index (κ2) is 6.96. The molecular formula is C23H17N3O3S2. The molecule has 0 aliphatic carbocycles. The van der Waals surface area contributed by atoms with Crippen molar-refractivity contribution in [3.05, 3.63) is 86.5 Å². The molecule has 0 unspecified atom stereocenters. The van der Waals surface area contributed by atoms with Crippen LogP contribution in [0.15, 0.2) is 70.6 Å². The van der Waals surface area contributed by atoms with Gasteiger partial charge in [0.05, 0.1) is 17.5 Å². The number of carbonyl (C=O) groups excluding carboxylic acids is 2. The second-order valence-corrected chi connectivity index (χ2v) is 9.92. The number of hydrogen-bond donors (Lipinski definition) is 2. The van der Waals surface area contributed by atoms with E-state index in [9.17, 15) is 14.4 Å². The van der Waals surface area contributed by atoms with Crippen molar-refractivity contribution in [2.24, 2.45) is 5.92 Å². The summed E-state index contributed by atoms with van der Waals surface area (Å²) in [5, 5.41) is 3.77. The zero-order chi connectivity index (χ0) is 21.1. The fraction of sp³-hybridized carbons (Fsp3) is 0.174. The molecule has 0 bridgehead atoms. The van der Waals surface area contributed by atoms with Crippen LogP contribution in [0.4, 0.5) is 0 Å². The van der Waals surface area contributed by atoms with Crippen molar-refractivity contribution in [2.75, 3.05) is 0 Å². The SMILES string of the molecule is O=C1NC(=O)[C@H]2Sc3c(sc(=O)n3Cc3ccccc3)[C@H](c3c[nH]c4ccccc34)[C@H]12. The van der Waals surface area contributed by atoms with Crippen LogP contribution in [0.2, 0.25) is 0 Å². The van der Waals surface area contributed by atoms with Crippen molar-refractivity contribution >= 4 is 45.8 Å². The Morgan fingerprint density at radius 3 is 2.55 bits per heavy atom. The van der Waals surface area contributed by atoms with E-state index in [0.29, 0.717) is 6.54 Å². The summed E-state index contributed by atoms with van der Waals surface area (Å²) in [5.74, 6) is -1.43. The summed E-state index contributed by atoms with van der Waals surface area (Å²) in [6.45, 7) is 0.437. The lowest BCUT2D eigenvalue weighted by atomic mass is 9.83. The molecule has 2 aromatic heterocycles. The Kier molecular flexibility index (Phi) is 4.19. The number of nitrogens with zero attached hydrogens (tertiary/aromatic N) is 1. The number of nitrogens with one attached hydrogen (secondary N) is 2. The predicted octanol–water partition coefficient (Wildman–Crippen LogP) is 3.32. The third-order valence-corrected chi connectivity index (χ3v) is 8.64. The van der Waals surface area contributed by atoms with Crippen molar-refractivity contribution in [1.29, 1.82) is 0 Å². The number of thiazole rings is 1. The molecule has 2 aromatic carbocycles. The summed E-state index contributed by atoms with van der Waals surface area (Å²) >= 11 is 2.53. The first-order valence-corrected chi connectivity index (χ1v) is 11.7. The van der Waals surface area contributed by atoms with Crippen LogP contribution >= 0.6 is 23.1 Å². The molecule has 6 rings (SSSR count). The maximum absolute atomic E-state index is 13.0. The van der Waals surface area contributed by atoms with Crippen molar-refractivity contribution in [3.8, 4) is 0 Å². The first kappa shape index (κ1) is 18.7. The quantitative estimate of drug-likeness (QED) is 0.472. The number of carbonyl (C=O) groups is 2. The number of fused-ring (bicyclic) bond motifs is 3. The lowest BCUT2D eigenvalue weighted by Crippen LogP contribution is -2.32. The molecule has 0 radical (unpaired) electrons. The summed E-state index contributed by atoms with van der Waals surface area (Å²) in [6, 6.07) is 17.7. The molecule has 4 aromatic rings. The highest BCUT2D eigenvalue weighted by Crippen LogP contribution is 2.52. The number of imide groups is 1. The molecule has 4 heterocycles. The summed E-state index contributed by atoms with van der Waals surface area (Å²) in [7, 11) is 0. The van der Waals surface area contributed by atoms with E-state index in [-0.39, 0.29) is 22.6 Å². The third-order valence-electron chi connectivity index (χ3n) is 6.03. The summed E-state index contributed by atoms with van der Waals surface area (Å²) < 4.78 is 1.74. The van der Waals surface area contributed by atoms with E-state index >= 15 is 0 Å². The standard InChI is InChI=1S/C23H17N3O3S2/c27-20-17-16(14-10-24-15-9-5-4-8-13(14)15)19-22(30-18(17)21(28)25-20)26(23(29)31-19)11-12-6-2-1-3-7-12/h1-10,16-18,24H,11H2,(H,25,27,28)/t16-,17+,18+/m1/s1. The normalized spacial score (nSPS) is 22.4. The molecule has 6 nitrogen and oxygen atoms in total. The highest BCUT2D eigenvalue weighted by molar-refractivity contribution is 8.00. The Hall–Kier alpha value is -3.10. The Balaban J connectivity index is 1.56. The number of amides is 2. The lowest BCUT2D eigenvalue weighted by molar-refractivity contribution is -0.125. The minimum Gasteiger partial charge on any atom is -0.361 e. The molecule has 0 spiro atoms. The number of para-hydroxylation sites is 1. The average Bonchev–Trinajstić information content (AvgIpc) is 3.42. The van der Waals surface area contributed by atoms with Gasteiger partial charge in [0, 0.05) is 27.9 Å². The number of aromatic nitrogens is 2. The van der Waals surface area contributed by atoms with Crippen molar-refractivity contribution < 1.29 is 9.59 Å². The van der Waals surface area contributed by atoms with Crippen molar-refractivity contribution in [3.63, 3.8) is 0 Å². The number of rotatable bonds is 3. The van der Waals surface area contributed by atoms with Gasteiger partial charge in [0.15, 0.2) is 0 Å². The largest absolute Gasteiger partial charge is 0.361 e. The maximum atomic E-state index is 13.0. The average molecular weight is 448 g/mol. The minimum absolute atomic E-state index is 0.0703. The van der Waals surface area contributed by atoms with Gasteiger partial charge >= 0.3 is 4.87 Å². The summed E-state index contributed by atoms with van der Waals surface area (Å²) in [4.78, 5) is 42.6. The van der Waals surface area contributed by atoms with Crippen LogP contribution in [-0.4, -0.2) is 26.6 Å². The molecule has 31 heavy (non-hydrogen) atoms. The van der Waals surface area contributed by atoms with E-state index in [1.807, 2.05) is 60.8 Å². The Labute approximate surface area is 185 Å². The van der Waals surface area contributed by atoms with Gasteiger partial charge in [0.1, 0.15) is 5.25 Å². The molecule has 3 atom stereocenters. The molecule has 2 aliphatic heterocycles. The van der Waals surface area contributed by atoms with Gasteiger partial charge in [0.2, 0.25) is 11.8 Å². The van der Waals surface area contributed by atoms with Crippen molar-refractivity contribution in [1.82, 2.24) is 14.9 Å². The monoisotopic (exact) mass is 447 g/mol. The molecule has 1 fully saturated rings. The van der Waals surface area contributed by atoms with E-state index in [1.54, 1.807) is 4.57 Å². The van der Waals surface area contributed by atoms with Gasteiger partial charge in [-0.25, -0.2) is 0 Å². The predicted molar refractivity (Wildman–Crippen MR) is 121 cm³/mol. The molecular weight excluding hydrogens is 430 g/mol. The van der Waals surface area contributed by atoms with Gasteiger partial charge < -0.3 is 4.98 Å². The van der Waals surface area contributed by atoms with Gasteiger partial charge in [-0.3, -0.25) is 24.3 Å². The number of H-pyrrole nitrogens is 1. The van der Waals surface area contributed by atoms with Gasteiger partial charge in [-0.15, -0.1) is 0 Å². The van der Waals surface area contributed by atoms with Crippen LogP contribution in [0, 0.1) is 5.92 Å². The second-order valence-electron chi connectivity index (χ2n) is 7.79. The highest BCUT2D eigenvalue weighted by Gasteiger charge is 2.53. The van der Waals surface area contributed by atoms with Crippen molar-refractivity contribution in [2.45, 2.75) is 22.7 Å². The molecule has 2 aliphatic rings. The van der Waals surface area contributed by atoms with Gasteiger partial charge in [-0.2, -0.15) is 0 Å². The van der Waals surface area contributed by atoms with E-state index < -0.39 is 11.2 Å². The van der Waals surface area contributed by atoms with Crippen LogP contribution in [0.1, 0.15) is 21.9 Å². The zero-order valence-corrected chi connectivity index (χ0v) is 17.8. The van der Waals surface area contributed by atoms with E-state index in [0.717, 1.165) is 31.9 Å². The van der Waals surface area contributed by atoms with Crippen LogP contribution < -0.4 is 10.2 Å². The summed E-state index contributed by atoms with van der Waals surface area (Å²) in [5.41, 5.74) is 2.93. The first-order chi connectivity index (χ1) is 15.1. The van der Waals surface area contributed by atoms with Crippen LogP contribution in [0.5, 0.6) is 0 Å². The fourth-order valence-electron chi connectivity index (χ4n) is 4.63. The number of benzene rings is 2. The maximum Gasteiger partial charge on any atom is 0.308 e. The highest BCUT2D eigenvalue weighted by atomic mass is 32.2. The number of hydrogen-bond acceptors (Lipinski definition) is 5. The van der Waals surface area contributed by atoms with Gasteiger partial charge in [-0.05, 0) is 17.2 Å². The molecule has 8 heteroatoms. The minimum atomic E-state index is -0.547. The van der Waals surface area contributed by atoms with E-state index in [1.165, 1.54) is 23.1 Å². The Morgan fingerprint density at radius 1 is 0.935 bits per heavy atom. The van der Waals surface area contributed by atoms with Crippen LogP contribution in [0.25, 0.3) is 10.9 Å². The fourth-order valence-corrected chi connectivity index (χ4v) is 7.36. The Morgan fingerprint density at radius 2 is 1.71 bits per heavy atom. The molecule has 154 valence electrons. The van der Waals surface area contributed by atoms with E-state index in [4.69, 9.17) is 0 Å². The third kappa shape index (κ3) is 2.82. The first-order valence-electron chi connectivity index (χ1n) is 9.96. The molecule has 2 amide bonds. The Bertz CT molecular complexity index is 1400. The van der Waals surface area contributed by atoms with Gasteiger partial charge in [-0.1, -0.05) is 71.6 Å². The van der Waals surface area contributed by atoms with E-state index in [2.05, 4.69) is 10.3 Å². The topological polar surface area (TPSA) is 84.0 Å². The lowest BCUT2D eigenvalue weighted by Gasteiger charge is -2.30. The number of thioether (sulfide) groups is 1. The smallest absolute Gasteiger partial charge is 0.308 e. The summed E-state index contributed by atoms with van der Waals surface area (Å²) in [6.07, 6.45) is 1.91. The number of aromatic amines is 1. The zero-order valence-electron chi connectivity index (χ0n) is 16.2. The molecule has 2 N–H and O–H groups in total. The van der Waals surface area contributed by atoms with Crippen LogP contribution in [0.3, 0.4) is 0 Å².